The monoisotopic (exact) mass is 498 g/mol. The third-order valence-corrected chi connectivity index (χ3v) is 7.12. The van der Waals surface area contributed by atoms with Crippen LogP contribution in [0.15, 0.2) is 87.8 Å². The molecule has 1 atom stereocenters. The van der Waals surface area contributed by atoms with Crippen molar-refractivity contribution in [3.8, 4) is 5.75 Å². The summed E-state index contributed by atoms with van der Waals surface area (Å²) >= 11 is 1.31. The third kappa shape index (κ3) is 4.16. The topological polar surface area (TPSA) is 69.9 Å². The first kappa shape index (κ1) is 23.8. The molecule has 0 radical (unpaired) electrons. The Bertz CT molecular complexity index is 1670. The van der Waals surface area contributed by atoms with E-state index in [0.29, 0.717) is 33.0 Å². The van der Waals surface area contributed by atoms with E-state index >= 15 is 0 Å². The maximum Gasteiger partial charge on any atom is 0.338 e. The highest BCUT2D eigenvalue weighted by atomic mass is 32.1. The number of fused-ring (bicyclic) bond motifs is 2. The number of carbonyl (C=O) groups is 1. The lowest BCUT2D eigenvalue weighted by Gasteiger charge is -2.26. The summed E-state index contributed by atoms with van der Waals surface area (Å²) in [7, 11) is 0. The van der Waals surface area contributed by atoms with Gasteiger partial charge in [-0.25, -0.2) is 9.79 Å². The number of rotatable bonds is 6. The summed E-state index contributed by atoms with van der Waals surface area (Å²) in [6, 6.07) is 20.9. The van der Waals surface area contributed by atoms with Crippen molar-refractivity contribution in [2.45, 2.75) is 26.8 Å². The summed E-state index contributed by atoms with van der Waals surface area (Å²) in [4.78, 5) is 32.2. The second kappa shape index (κ2) is 9.95. The Morgan fingerprint density at radius 3 is 2.58 bits per heavy atom. The SMILES string of the molecule is CCOC(=O)C1=C(C)N=c2s/c(=C\c3cccc4ccccc34)c(=O)n2[C@@H]1c1ccccc1OCC. The van der Waals surface area contributed by atoms with Crippen LogP contribution in [0.25, 0.3) is 16.8 Å². The summed E-state index contributed by atoms with van der Waals surface area (Å²) in [5.41, 5.74) is 2.33. The van der Waals surface area contributed by atoms with E-state index in [0.717, 1.165) is 21.9 Å². The van der Waals surface area contributed by atoms with Gasteiger partial charge >= 0.3 is 5.97 Å². The number of allylic oxidation sites excluding steroid dienone is 1. The Balaban J connectivity index is 1.77. The second-order valence-corrected chi connectivity index (χ2v) is 9.35. The number of carbonyl (C=O) groups excluding carboxylic acids is 1. The average Bonchev–Trinajstić information content (AvgIpc) is 3.18. The summed E-state index contributed by atoms with van der Waals surface area (Å²) < 4.78 is 13.4. The number of nitrogens with zero attached hydrogens (tertiary/aromatic N) is 2. The molecule has 4 aromatic rings. The van der Waals surface area contributed by atoms with Gasteiger partial charge in [0.1, 0.15) is 11.8 Å². The Labute approximate surface area is 212 Å². The maximum atomic E-state index is 13.9. The van der Waals surface area contributed by atoms with Crippen LogP contribution in [0.2, 0.25) is 0 Å². The quantitative estimate of drug-likeness (QED) is 0.371. The number of benzene rings is 3. The summed E-state index contributed by atoms with van der Waals surface area (Å²) in [5, 5.41) is 2.16. The second-order valence-electron chi connectivity index (χ2n) is 8.34. The Morgan fingerprint density at radius 1 is 1.03 bits per heavy atom. The Hall–Kier alpha value is -3.97. The number of thiazole rings is 1. The zero-order valence-electron chi connectivity index (χ0n) is 20.4. The summed E-state index contributed by atoms with van der Waals surface area (Å²) in [5.74, 6) is 0.128. The fourth-order valence-electron chi connectivity index (χ4n) is 4.60. The predicted octanol–water partition coefficient (Wildman–Crippen LogP) is 4.35. The molecule has 182 valence electrons. The van der Waals surface area contributed by atoms with Crippen molar-refractivity contribution in [3.63, 3.8) is 0 Å². The van der Waals surface area contributed by atoms with E-state index in [9.17, 15) is 9.59 Å². The standard InChI is InChI=1S/C29H26N2O4S/c1-4-34-23-16-9-8-15-22(23)26-25(28(33)35-5-2)18(3)30-29-31(26)27(32)24(36-29)17-20-13-10-12-19-11-6-7-14-21(19)20/h6-17,26H,4-5H2,1-3H3/b24-17-/t26-/m1/s1. The van der Waals surface area contributed by atoms with Crippen LogP contribution in [0.3, 0.4) is 0 Å². The van der Waals surface area contributed by atoms with E-state index in [1.54, 1.807) is 18.4 Å². The van der Waals surface area contributed by atoms with Crippen LogP contribution in [0.5, 0.6) is 5.75 Å². The summed E-state index contributed by atoms with van der Waals surface area (Å²) in [6.07, 6.45) is 1.90. The van der Waals surface area contributed by atoms with Crippen molar-refractivity contribution in [2.24, 2.45) is 4.99 Å². The molecule has 0 unspecified atom stereocenters. The molecule has 1 aliphatic rings. The number of hydrogen-bond donors (Lipinski definition) is 0. The van der Waals surface area contributed by atoms with Crippen molar-refractivity contribution in [3.05, 3.63) is 109 Å². The molecule has 1 aromatic heterocycles. The summed E-state index contributed by atoms with van der Waals surface area (Å²) in [6.45, 7) is 6.12. The van der Waals surface area contributed by atoms with Gasteiger partial charge in [-0.15, -0.1) is 0 Å². The van der Waals surface area contributed by atoms with E-state index < -0.39 is 12.0 Å². The molecule has 0 bridgehead atoms. The van der Waals surface area contributed by atoms with Gasteiger partial charge in [-0.2, -0.15) is 0 Å². The molecular formula is C29H26N2O4S. The van der Waals surface area contributed by atoms with Crippen molar-refractivity contribution in [2.75, 3.05) is 13.2 Å². The fraction of sp³-hybridized carbons (Fsp3) is 0.207. The molecule has 0 saturated heterocycles. The fourth-order valence-corrected chi connectivity index (χ4v) is 5.63. The van der Waals surface area contributed by atoms with Crippen LogP contribution in [-0.4, -0.2) is 23.8 Å². The van der Waals surface area contributed by atoms with Crippen molar-refractivity contribution < 1.29 is 14.3 Å². The first-order valence-corrected chi connectivity index (χ1v) is 12.7. The predicted molar refractivity (Wildman–Crippen MR) is 142 cm³/mol. The molecule has 0 saturated carbocycles. The lowest BCUT2D eigenvalue weighted by Crippen LogP contribution is -2.40. The van der Waals surface area contributed by atoms with E-state index in [4.69, 9.17) is 9.47 Å². The number of aromatic nitrogens is 1. The minimum absolute atomic E-state index is 0.211. The zero-order chi connectivity index (χ0) is 25.2. The van der Waals surface area contributed by atoms with Crippen LogP contribution < -0.4 is 19.6 Å². The van der Waals surface area contributed by atoms with E-state index in [1.165, 1.54) is 11.3 Å². The third-order valence-electron chi connectivity index (χ3n) is 6.14. The first-order valence-electron chi connectivity index (χ1n) is 11.9. The van der Waals surface area contributed by atoms with Gasteiger partial charge in [0.2, 0.25) is 0 Å². The van der Waals surface area contributed by atoms with Gasteiger partial charge in [-0.05, 0) is 49.2 Å². The molecule has 0 spiro atoms. The molecule has 0 N–H and O–H groups in total. The molecular weight excluding hydrogens is 472 g/mol. The molecule has 3 aromatic carbocycles. The number of ether oxygens (including phenoxy) is 2. The molecule has 5 rings (SSSR count). The molecule has 6 nitrogen and oxygen atoms in total. The normalized spacial score (nSPS) is 15.5. The Morgan fingerprint density at radius 2 is 1.78 bits per heavy atom. The molecule has 2 heterocycles. The first-order chi connectivity index (χ1) is 17.5. The molecule has 1 aliphatic heterocycles. The van der Waals surface area contributed by atoms with Gasteiger partial charge in [0.15, 0.2) is 4.80 Å². The minimum atomic E-state index is -0.710. The number of para-hydroxylation sites is 1. The van der Waals surface area contributed by atoms with Gasteiger partial charge < -0.3 is 9.47 Å². The highest BCUT2D eigenvalue weighted by Gasteiger charge is 2.35. The van der Waals surface area contributed by atoms with Crippen LogP contribution >= 0.6 is 11.3 Å². The highest BCUT2D eigenvalue weighted by molar-refractivity contribution is 7.07. The van der Waals surface area contributed by atoms with Crippen molar-refractivity contribution >= 4 is 34.2 Å². The van der Waals surface area contributed by atoms with Gasteiger partial charge in [0, 0.05) is 5.56 Å². The van der Waals surface area contributed by atoms with Crippen LogP contribution in [0, 0.1) is 0 Å². The largest absolute Gasteiger partial charge is 0.494 e. The van der Waals surface area contributed by atoms with Crippen molar-refractivity contribution in [1.29, 1.82) is 0 Å². The molecule has 0 amide bonds. The molecule has 36 heavy (non-hydrogen) atoms. The molecule has 0 fully saturated rings. The van der Waals surface area contributed by atoms with Gasteiger partial charge in [-0.3, -0.25) is 9.36 Å². The van der Waals surface area contributed by atoms with E-state index in [2.05, 4.69) is 4.99 Å². The average molecular weight is 499 g/mol. The number of esters is 1. The van der Waals surface area contributed by atoms with Gasteiger partial charge in [-0.1, -0.05) is 72.0 Å². The Kier molecular flexibility index (Phi) is 6.57. The molecule has 7 heteroatoms. The van der Waals surface area contributed by atoms with Crippen LogP contribution in [0.1, 0.15) is 37.9 Å². The van der Waals surface area contributed by atoms with Crippen molar-refractivity contribution in [1.82, 2.24) is 4.57 Å². The smallest absolute Gasteiger partial charge is 0.338 e. The lowest BCUT2D eigenvalue weighted by molar-refractivity contribution is -0.139. The zero-order valence-corrected chi connectivity index (χ0v) is 21.2. The molecule has 0 aliphatic carbocycles. The highest BCUT2D eigenvalue weighted by Crippen LogP contribution is 2.35. The maximum absolute atomic E-state index is 13.9. The van der Waals surface area contributed by atoms with E-state index in [-0.39, 0.29) is 12.2 Å². The van der Waals surface area contributed by atoms with E-state index in [1.807, 2.05) is 79.7 Å². The van der Waals surface area contributed by atoms with Crippen LogP contribution in [-0.2, 0) is 9.53 Å². The van der Waals surface area contributed by atoms with Gasteiger partial charge in [0.05, 0.1) is 29.0 Å². The lowest BCUT2D eigenvalue weighted by atomic mass is 9.95. The number of hydrogen-bond acceptors (Lipinski definition) is 6. The van der Waals surface area contributed by atoms with Gasteiger partial charge in [0.25, 0.3) is 5.56 Å². The minimum Gasteiger partial charge on any atom is -0.494 e. The van der Waals surface area contributed by atoms with Crippen LogP contribution in [0.4, 0.5) is 0 Å².